The summed E-state index contributed by atoms with van der Waals surface area (Å²) in [5.41, 5.74) is 0.621. The van der Waals surface area contributed by atoms with Gasteiger partial charge >= 0.3 is 0 Å². The Morgan fingerprint density at radius 3 is 2.25 bits per heavy atom. The van der Waals surface area contributed by atoms with Crippen molar-refractivity contribution in [3.05, 3.63) is 90.0 Å². The molecule has 0 aromatic heterocycles. The van der Waals surface area contributed by atoms with E-state index in [1.54, 1.807) is 0 Å². The van der Waals surface area contributed by atoms with Gasteiger partial charge in [-0.3, -0.25) is 9.10 Å². The Morgan fingerprint density at radius 1 is 0.893 bits per heavy atom. The second-order valence-corrected chi connectivity index (χ2v) is 7.91. The summed E-state index contributed by atoms with van der Waals surface area (Å²) in [7, 11) is -2.63. The average molecular weight is 402 g/mol. The molecule has 3 aromatic carbocycles. The lowest BCUT2D eigenvalue weighted by Crippen LogP contribution is -2.26. The van der Waals surface area contributed by atoms with Crippen molar-refractivity contribution in [2.24, 2.45) is 0 Å². The van der Waals surface area contributed by atoms with E-state index < -0.39 is 27.6 Å². The van der Waals surface area contributed by atoms with Crippen LogP contribution in [0, 0.1) is 11.6 Å². The summed E-state index contributed by atoms with van der Waals surface area (Å²) in [6.07, 6.45) is 0. The third-order valence-corrected chi connectivity index (χ3v) is 5.81. The van der Waals surface area contributed by atoms with Crippen LogP contribution in [0.1, 0.15) is 10.4 Å². The van der Waals surface area contributed by atoms with Crippen molar-refractivity contribution < 1.29 is 22.0 Å². The van der Waals surface area contributed by atoms with Crippen LogP contribution in [-0.4, -0.2) is 21.4 Å². The Morgan fingerprint density at radius 2 is 1.57 bits per heavy atom. The van der Waals surface area contributed by atoms with E-state index in [0.29, 0.717) is 0 Å². The van der Waals surface area contributed by atoms with Crippen molar-refractivity contribution in [2.45, 2.75) is 4.90 Å². The minimum Gasteiger partial charge on any atom is -0.322 e. The molecule has 1 amide bonds. The summed E-state index contributed by atoms with van der Waals surface area (Å²) in [5.74, 6) is -1.56. The molecule has 0 fully saturated rings. The summed E-state index contributed by atoms with van der Waals surface area (Å²) in [6.45, 7) is 0. The van der Waals surface area contributed by atoms with E-state index in [0.717, 1.165) is 22.5 Å². The maximum Gasteiger partial charge on any atom is 0.264 e. The van der Waals surface area contributed by atoms with Crippen LogP contribution in [0.2, 0.25) is 0 Å². The molecule has 0 saturated carbocycles. The highest BCUT2D eigenvalue weighted by atomic mass is 32.2. The van der Waals surface area contributed by atoms with Gasteiger partial charge in [-0.15, -0.1) is 0 Å². The Kier molecular flexibility index (Phi) is 5.41. The van der Waals surface area contributed by atoms with E-state index in [2.05, 4.69) is 5.32 Å². The SMILES string of the molecule is CN(c1ccc(F)cc1)S(=O)(=O)c1cccc(C(=O)Nc2cccc(F)c2)c1. The number of nitrogens with one attached hydrogen (secondary N) is 1. The molecule has 28 heavy (non-hydrogen) atoms. The number of halogens is 2. The second kappa shape index (κ2) is 7.77. The standard InChI is InChI=1S/C20H16F2N2O3S/c1-24(18-10-8-15(21)9-11-18)28(26,27)19-7-2-4-14(12-19)20(25)23-17-6-3-5-16(22)13-17/h2-13H,1H3,(H,23,25). The highest BCUT2D eigenvalue weighted by molar-refractivity contribution is 7.92. The first kappa shape index (κ1) is 19.5. The van der Waals surface area contributed by atoms with E-state index in [4.69, 9.17) is 0 Å². The molecule has 0 aliphatic carbocycles. The lowest BCUT2D eigenvalue weighted by molar-refractivity contribution is 0.102. The van der Waals surface area contributed by atoms with Crippen LogP contribution in [0.4, 0.5) is 20.2 Å². The summed E-state index contributed by atoms with van der Waals surface area (Å²) in [4.78, 5) is 12.3. The third kappa shape index (κ3) is 4.17. The minimum absolute atomic E-state index is 0.0952. The van der Waals surface area contributed by atoms with Gasteiger partial charge in [0.2, 0.25) is 0 Å². The summed E-state index contributed by atoms with van der Waals surface area (Å²) in [5, 5.41) is 2.52. The molecule has 3 aromatic rings. The van der Waals surface area contributed by atoms with Crippen molar-refractivity contribution in [1.29, 1.82) is 0 Å². The number of carbonyl (C=O) groups is 1. The highest BCUT2D eigenvalue weighted by Crippen LogP contribution is 2.23. The zero-order chi connectivity index (χ0) is 20.3. The maximum absolute atomic E-state index is 13.3. The van der Waals surface area contributed by atoms with Crippen molar-refractivity contribution in [3.8, 4) is 0 Å². The highest BCUT2D eigenvalue weighted by Gasteiger charge is 2.22. The van der Waals surface area contributed by atoms with E-state index in [1.807, 2.05) is 0 Å². The van der Waals surface area contributed by atoms with Crippen LogP contribution in [-0.2, 0) is 10.0 Å². The molecule has 0 heterocycles. The van der Waals surface area contributed by atoms with Gasteiger partial charge in [-0.1, -0.05) is 12.1 Å². The van der Waals surface area contributed by atoms with E-state index in [9.17, 15) is 22.0 Å². The predicted molar refractivity (Wildman–Crippen MR) is 103 cm³/mol. The van der Waals surface area contributed by atoms with Gasteiger partial charge in [-0.05, 0) is 60.7 Å². The number of hydrogen-bond acceptors (Lipinski definition) is 3. The lowest BCUT2D eigenvalue weighted by atomic mass is 10.2. The topological polar surface area (TPSA) is 66.5 Å². The van der Waals surface area contributed by atoms with Crippen molar-refractivity contribution in [2.75, 3.05) is 16.7 Å². The quantitative estimate of drug-likeness (QED) is 0.700. The fourth-order valence-corrected chi connectivity index (χ4v) is 3.76. The smallest absolute Gasteiger partial charge is 0.264 e. The first-order valence-corrected chi connectivity index (χ1v) is 9.63. The van der Waals surface area contributed by atoms with Gasteiger partial charge in [0.1, 0.15) is 11.6 Å². The summed E-state index contributed by atoms with van der Waals surface area (Å²) in [6, 6.07) is 15.8. The average Bonchev–Trinajstić information content (AvgIpc) is 2.68. The first-order valence-electron chi connectivity index (χ1n) is 8.19. The molecule has 0 radical (unpaired) electrons. The van der Waals surface area contributed by atoms with Gasteiger partial charge in [-0.2, -0.15) is 0 Å². The molecule has 0 saturated heterocycles. The van der Waals surface area contributed by atoms with Gasteiger partial charge < -0.3 is 5.32 Å². The van der Waals surface area contributed by atoms with Gasteiger partial charge in [0.05, 0.1) is 10.6 Å². The second-order valence-electron chi connectivity index (χ2n) is 5.94. The molecule has 8 heteroatoms. The van der Waals surface area contributed by atoms with Crippen LogP contribution >= 0.6 is 0 Å². The van der Waals surface area contributed by atoms with Crippen LogP contribution in [0.25, 0.3) is 0 Å². The fourth-order valence-electron chi connectivity index (χ4n) is 2.52. The Labute approximate surface area is 161 Å². The van der Waals surface area contributed by atoms with E-state index >= 15 is 0 Å². The van der Waals surface area contributed by atoms with Gasteiger partial charge in [0.15, 0.2) is 0 Å². The molecule has 0 bridgehead atoms. The minimum atomic E-state index is -3.97. The molecule has 5 nitrogen and oxygen atoms in total. The zero-order valence-electron chi connectivity index (χ0n) is 14.8. The molecule has 0 unspecified atom stereocenters. The summed E-state index contributed by atoms with van der Waals surface area (Å²) < 4.78 is 53.0. The van der Waals surface area contributed by atoms with Gasteiger partial charge in [0, 0.05) is 18.3 Å². The van der Waals surface area contributed by atoms with Crippen LogP contribution < -0.4 is 9.62 Å². The normalized spacial score (nSPS) is 11.1. The Bertz CT molecular complexity index is 1120. The van der Waals surface area contributed by atoms with E-state index in [-0.39, 0.29) is 21.8 Å². The molecule has 144 valence electrons. The first-order chi connectivity index (χ1) is 13.3. The number of hydrogen-bond donors (Lipinski definition) is 1. The molecule has 0 aliphatic heterocycles. The van der Waals surface area contributed by atoms with Crippen LogP contribution in [0.3, 0.4) is 0 Å². The number of carbonyl (C=O) groups excluding carboxylic acids is 1. The number of nitrogens with zero attached hydrogens (tertiary/aromatic N) is 1. The molecule has 0 spiro atoms. The molecule has 3 rings (SSSR count). The van der Waals surface area contributed by atoms with Crippen molar-refractivity contribution >= 4 is 27.3 Å². The largest absolute Gasteiger partial charge is 0.322 e. The molecular weight excluding hydrogens is 386 g/mol. The fraction of sp³-hybridized carbons (Fsp3) is 0.0500. The van der Waals surface area contributed by atoms with E-state index in [1.165, 1.54) is 61.6 Å². The van der Waals surface area contributed by atoms with Crippen LogP contribution in [0.5, 0.6) is 0 Å². The maximum atomic E-state index is 13.3. The number of amides is 1. The summed E-state index contributed by atoms with van der Waals surface area (Å²) >= 11 is 0. The monoisotopic (exact) mass is 402 g/mol. The molecule has 0 aliphatic rings. The van der Waals surface area contributed by atoms with Crippen molar-refractivity contribution in [1.82, 2.24) is 0 Å². The number of rotatable bonds is 5. The Hall–Kier alpha value is -3.26. The number of anilines is 2. The molecule has 0 atom stereocenters. The third-order valence-electron chi connectivity index (χ3n) is 4.03. The van der Waals surface area contributed by atoms with Crippen LogP contribution in [0.15, 0.2) is 77.7 Å². The molecular formula is C20H16F2N2O3S. The molecule has 1 N–H and O–H groups in total. The Balaban J connectivity index is 1.87. The van der Waals surface area contributed by atoms with Gasteiger partial charge in [-0.25, -0.2) is 17.2 Å². The van der Waals surface area contributed by atoms with Gasteiger partial charge in [0.25, 0.3) is 15.9 Å². The van der Waals surface area contributed by atoms with Crippen molar-refractivity contribution in [3.63, 3.8) is 0 Å². The predicted octanol–water partition coefficient (Wildman–Crippen LogP) is 4.04. The zero-order valence-corrected chi connectivity index (χ0v) is 15.6. The number of sulfonamides is 1. The number of benzene rings is 3. The lowest BCUT2D eigenvalue weighted by Gasteiger charge is -2.19.